The SMILES string of the molecule is COc1ccc(Cl)cc1NC(=O)CN(C)Cc1ccccc1OC(F)F. The molecule has 0 aliphatic carbocycles. The van der Waals surface area contributed by atoms with Gasteiger partial charge >= 0.3 is 6.61 Å². The lowest BCUT2D eigenvalue weighted by Gasteiger charge is -2.19. The number of anilines is 1. The van der Waals surface area contributed by atoms with E-state index >= 15 is 0 Å². The van der Waals surface area contributed by atoms with Gasteiger partial charge in [-0.2, -0.15) is 8.78 Å². The molecule has 8 heteroatoms. The Morgan fingerprint density at radius 3 is 2.65 bits per heavy atom. The van der Waals surface area contributed by atoms with Crippen molar-refractivity contribution in [3.05, 3.63) is 53.1 Å². The normalized spacial score (nSPS) is 10.9. The summed E-state index contributed by atoms with van der Waals surface area (Å²) < 4.78 is 34.6. The van der Waals surface area contributed by atoms with Crippen LogP contribution in [0.25, 0.3) is 0 Å². The van der Waals surface area contributed by atoms with Crippen molar-refractivity contribution >= 4 is 23.2 Å². The Balaban J connectivity index is 1.99. The summed E-state index contributed by atoms with van der Waals surface area (Å²) in [5.74, 6) is 0.285. The van der Waals surface area contributed by atoms with Gasteiger partial charge in [0.2, 0.25) is 5.91 Å². The lowest BCUT2D eigenvalue weighted by Crippen LogP contribution is -2.30. The fourth-order valence-electron chi connectivity index (χ4n) is 2.40. The summed E-state index contributed by atoms with van der Waals surface area (Å²) in [4.78, 5) is 13.9. The van der Waals surface area contributed by atoms with Crippen molar-refractivity contribution in [2.45, 2.75) is 13.2 Å². The van der Waals surface area contributed by atoms with Crippen LogP contribution in [-0.4, -0.2) is 38.1 Å². The van der Waals surface area contributed by atoms with Gasteiger partial charge in [-0.3, -0.25) is 9.69 Å². The van der Waals surface area contributed by atoms with Crippen LogP contribution < -0.4 is 14.8 Å². The van der Waals surface area contributed by atoms with Gasteiger partial charge < -0.3 is 14.8 Å². The van der Waals surface area contributed by atoms with Gasteiger partial charge in [0.25, 0.3) is 0 Å². The summed E-state index contributed by atoms with van der Waals surface area (Å²) in [5, 5.41) is 3.19. The number of hydrogen-bond donors (Lipinski definition) is 1. The molecule has 0 aromatic heterocycles. The van der Waals surface area contributed by atoms with Crippen LogP contribution in [0.15, 0.2) is 42.5 Å². The van der Waals surface area contributed by atoms with Gasteiger partial charge in [-0.25, -0.2) is 0 Å². The number of nitrogens with one attached hydrogen (secondary N) is 1. The molecule has 0 fully saturated rings. The maximum Gasteiger partial charge on any atom is 0.387 e. The van der Waals surface area contributed by atoms with E-state index in [9.17, 15) is 13.6 Å². The van der Waals surface area contributed by atoms with Crippen molar-refractivity contribution in [1.29, 1.82) is 0 Å². The van der Waals surface area contributed by atoms with Crippen molar-refractivity contribution in [2.24, 2.45) is 0 Å². The maximum absolute atomic E-state index is 12.5. The highest BCUT2D eigenvalue weighted by Crippen LogP contribution is 2.27. The molecule has 0 aliphatic heterocycles. The Labute approximate surface area is 155 Å². The van der Waals surface area contributed by atoms with Crippen molar-refractivity contribution in [3.8, 4) is 11.5 Å². The molecule has 1 amide bonds. The molecule has 0 saturated heterocycles. The molecular formula is C18H19ClF2N2O3. The highest BCUT2D eigenvalue weighted by molar-refractivity contribution is 6.31. The number of hydrogen-bond acceptors (Lipinski definition) is 4. The number of halogens is 3. The number of rotatable bonds is 8. The fraction of sp³-hybridized carbons (Fsp3) is 0.278. The first-order valence-corrected chi connectivity index (χ1v) is 8.11. The second-order valence-corrected chi connectivity index (χ2v) is 5.99. The molecule has 0 atom stereocenters. The Hall–Kier alpha value is -2.38. The molecule has 2 rings (SSSR count). The van der Waals surface area contributed by atoms with Crippen LogP contribution in [-0.2, 0) is 11.3 Å². The third-order valence-electron chi connectivity index (χ3n) is 3.48. The summed E-state index contributed by atoms with van der Waals surface area (Å²) in [7, 11) is 3.19. The molecular weight excluding hydrogens is 366 g/mol. The Kier molecular flexibility index (Phi) is 7.17. The van der Waals surface area contributed by atoms with Crippen LogP contribution >= 0.6 is 11.6 Å². The highest BCUT2D eigenvalue weighted by atomic mass is 35.5. The van der Waals surface area contributed by atoms with Crippen molar-refractivity contribution in [3.63, 3.8) is 0 Å². The number of methoxy groups -OCH3 is 1. The van der Waals surface area contributed by atoms with E-state index in [4.69, 9.17) is 16.3 Å². The number of amides is 1. The Morgan fingerprint density at radius 2 is 1.96 bits per heavy atom. The van der Waals surface area contributed by atoms with E-state index in [2.05, 4.69) is 10.1 Å². The number of carbonyl (C=O) groups excluding carboxylic acids is 1. The number of alkyl halides is 2. The van der Waals surface area contributed by atoms with Crippen LogP contribution in [0.3, 0.4) is 0 Å². The molecule has 0 unspecified atom stereocenters. The number of benzene rings is 2. The van der Waals surface area contributed by atoms with Gasteiger partial charge in [0.15, 0.2) is 0 Å². The van der Waals surface area contributed by atoms with Gasteiger partial charge in [0.05, 0.1) is 19.3 Å². The number of ether oxygens (including phenoxy) is 2. The molecule has 0 saturated carbocycles. The van der Waals surface area contributed by atoms with Crippen LogP contribution in [0, 0.1) is 0 Å². The van der Waals surface area contributed by atoms with Crippen molar-refractivity contribution in [2.75, 3.05) is 26.0 Å². The number of likely N-dealkylation sites (N-methyl/N-ethyl adjacent to an activating group) is 1. The Morgan fingerprint density at radius 1 is 1.23 bits per heavy atom. The van der Waals surface area contributed by atoms with Gasteiger partial charge in [-0.15, -0.1) is 0 Å². The molecule has 2 aromatic carbocycles. The lowest BCUT2D eigenvalue weighted by molar-refractivity contribution is -0.117. The van der Waals surface area contributed by atoms with Crippen LogP contribution in [0.2, 0.25) is 5.02 Å². The van der Waals surface area contributed by atoms with Crippen LogP contribution in [0.4, 0.5) is 14.5 Å². The summed E-state index contributed by atoms with van der Waals surface area (Å²) >= 11 is 5.94. The quantitative estimate of drug-likeness (QED) is 0.746. The highest BCUT2D eigenvalue weighted by Gasteiger charge is 2.14. The predicted molar refractivity (Wildman–Crippen MR) is 96.0 cm³/mol. The first-order valence-electron chi connectivity index (χ1n) is 7.73. The zero-order valence-corrected chi connectivity index (χ0v) is 15.1. The first kappa shape index (κ1) is 19.9. The fourth-order valence-corrected chi connectivity index (χ4v) is 2.58. The second-order valence-electron chi connectivity index (χ2n) is 5.55. The lowest BCUT2D eigenvalue weighted by atomic mass is 10.2. The largest absolute Gasteiger partial charge is 0.495 e. The molecule has 1 N–H and O–H groups in total. The number of carbonyl (C=O) groups is 1. The molecule has 0 bridgehead atoms. The molecule has 140 valence electrons. The minimum absolute atomic E-state index is 0.0404. The average Bonchev–Trinajstić information content (AvgIpc) is 2.56. The minimum atomic E-state index is -2.90. The molecule has 5 nitrogen and oxygen atoms in total. The van der Waals surface area contributed by atoms with E-state index in [1.807, 2.05) is 0 Å². The van der Waals surface area contributed by atoms with Crippen molar-refractivity contribution in [1.82, 2.24) is 4.90 Å². The smallest absolute Gasteiger partial charge is 0.387 e. The van der Waals surface area contributed by atoms with Crippen LogP contribution in [0.5, 0.6) is 11.5 Å². The molecule has 0 aliphatic rings. The van der Waals surface area contributed by atoms with E-state index in [0.717, 1.165) is 0 Å². The second kappa shape index (κ2) is 9.35. The summed E-state index contributed by atoms with van der Waals surface area (Å²) in [6.07, 6.45) is 0. The van der Waals surface area contributed by atoms with Gasteiger partial charge in [-0.05, 0) is 31.3 Å². The molecule has 0 spiro atoms. The number of para-hydroxylation sites is 1. The average molecular weight is 385 g/mol. The zero-order valence-electron chi connectivity index (χ0n) is 14.3. The van der Waals surface area contributed by atoms with Gasteiger partial charge in [-0.1, -0.05) is 29.8 Å². The van der Waals surface area contributed by atoms with Gasteiger partial charge in [0, 0.05) is 17.1 Å². The third-order valence-corrected chi connectivity index (χ3v) is 3.71. The van der Waals surface area contributed by atoms with E-state index in [0.29, 0.717) is 22.0 Å². The molecule has 0 heterocycles. The minimum Gasteiger partial charge on any atom is -0.495 e. The van der Waals surface area contributed by atoms with Crippen LogP contribution in [0.1, 0.15) is 5.56 Å². The molecule has 2 aromatic rings. The van der Waals surface area contributed by atoms with Crippen molar-refractivity contribution < 1.29 is 23.0 Å². The topological polar surface area (TPSA) is 50.8 Å². The standard InChI is InChI=1S/C18H19ClF2N2O3/c1-23(10-12-5-3-4-6-15(12)26-18(20)21)11-17(24)22-14-9-13(19)7-8-16(14)25-2/h3-9,18H,10-11H2,1-2H3,(H,22,24). The van der Waals surface area contributed by atoms with Gasteiger partial charge in [0.1, 0.15) is 11.5 Å². The Bertz CT molecular complexity index is 759. The summed E-state index contributed by atoms with van der Waals surface area (Å²) in [5.41, 5.74) is 1.02. The summed E-state index contributed by atoms with van der Waals surface area (Å²) in [6, 6.07) is 11.4. The van der Waals surface area contributed by atoms with E-state index in [1.165, 1.54) is 13.2 Å². The summed E-state index contributed by atoms with van der Waals surface area (Å²) in [6.45, 7) is -2.60. The van der Waals surface area contributed by atoms with E-state index < -0.39 is 6.61 Å². The molecule has 0 radical (unpaired) electrons. The monoisotopic (exact) mass is 384 g/mol. The first-order chi connectivity index (χ1) is 12.4. The molecule has 26 heavy (non-hydrogen) atoms. The number of nitrogens with zero attached hydrogens (tertiary/aromatic N) is 1. The third kappa shape index (κ3) is 5.86. The zero-order chi connectivity index (χ0) is 19.1. The van der Waals surface area contributed by atoms with E-state index in [1.54, 1.807) is 48.3 Å². The maximum atomic E-state index is 12.5. The van der Waals surface area contributed by atoms with E-state index in [-0.39, 0.29) is 24.7 Å². The predicted octanol–water partition coefficient (Wildman–Crippen LogP) is 4.02.